The van der Waals surface area contributed by atoms with Gasteiger partial charge < -0.3 is 14.2 Å². The highest BCUT2D eigenvalue weighted by Crippen LogP contribution is 2.45. The number of hydrogen-bond donors (Lipinski definition) is 0. The Labute approximate surface area is 153 Å². The number of likely N-dealkylation sites (N-methyl/N-ethyl adjacent to an activating group) is 1. The number of likely N-dealkylation sites (tertiary alicyclic amines) is 1. The molecular weight excluding hydrogens is 338 g/mol. The molecule has 1 aliphatic heterocycles. The number of benzene rings is 1. The third-order valence-corrected chi connectivity index (χ3v) is 4.91. The molecule has 0 amide bonds. The van der Waals surface area contributed by atoms with Crippen molar-refractivity contribution >= 4 is 17.9 Å². The lowest BCUT2D eigenvalue weighted by Crippen LogP contribution is -2.57. The van der Waals surface area contributed by atoms with Crippen LogP contribution in [-0.4, -0.2) is 63.3 Å². The highest BCUT2D eigenvalue weighted by atomic mass is 16.6. The normalized spacial score (nSPS) is 25.5. The van der Waals surface area contributed by atoms with Crippen LogP contribution in [-0.2, 0) is 35.0 Å². The third-order valence-electron chi connectivity index (χ3n) is 4.91. The molecule has 1 aliphatic rings. The van der Waals surface area contributed by atoms with Crippen molar-refractivity contribution in [2.45, 2.75) is 19.4 Å². The van der Waals surface area contributed by atoms with Crippen LogP contribution in [0, 0.1) is 11.3 Å². The van der Waals surface area contributed by atoms with Crippen molar-refractivity contribution in [1.29, 1.82) is 0 Å². The first kappa shape index (κ1) is 19.9. The van der Waals surface area contributed by atoms with E-state index >= 15 is 0 Å². The predicted octanol–water partition coefficient (Wildman–Crippen LogP) is 1.05. The number of ether oxygens (including phenoxy) is 3. The van der Waals surface area contributed by atoms with E-state index < -0.39 is 35.3 Å². The van der Waals surface area contributed by atoms with Crippen LogP contribution in [0.5, 0.6) is 0 Å². The lowest BCUT2D eigenvalue weighted by atomic mass is 9.70. The minimum atomic E-state index is -1.78. The molecule has 0 N–H and O–H groups in total. The molecule has 0 radical (unpaired) electrons. The summed E-state index contributed by atoms with van der Waals surface area (Å²) < 4.78 is 15.1. The van der Waals surface area contributed by atoms with Crippen LogP contribution in [0.1, 0.15) is 12.5 Å². The van der Waals surface area contributed by atoms with Crippen molar-refractivity contribution in [1.82, 2.24) is 4.90 Å². The maximum atomic E-state index is 13.0. The number of hydrogen-bond acceptors (Lipinski definition) is 7. The topological polar surface area (TPSA) is 82.1 Å². The van der Waals surface area contributed by atoms with Crippen molar-refractivity contribution in [3.05, 3.63) is 35.9 Å². The maximum absolute atomic E-state index is 13.0. The van der Waals surface area contributed by atoms with Crippen molar-refractivity contribution < 1.29 is 28.6 Å². The molecule has 1 unspecified atom stereocenters. The summed E-state index contributed by atoms with van der Waals surface area (Å²) in [6, 6.07) is 8.39. The van der Waals surface area contributed by atoms with Crippen LogP contribution in [0.4, 0.5) is 0 Å². The van der Waals surface area contributed by atoms with Gasteiger partial charge in [-0.25, -0.2) is 0 Å². The van der Waals surface area contributed by atoms with E-state index in [0.717, 1.165) is 5.56 Å². The molecule has 0 saturated carbocycles. The molecule has 0 bridgehead atoms. The first-order valence-electron chi connectivity index (χ1n) is 8.51. The number of methoxy groups -OCH3 is 2. The van der Waals surface area contributed by atoms with Gasteiger partial charge in [-0.1, -0.05) is 30.3 Å². The van der Waals surface area contributed by atoms with Crippen LogP contribution < -0.4 is 0 Å². The average Bonchev–Trinajstić information content (AvgIpc) is 2.94. The highest BCUT2D eigenvalue weighted by Gasteiger charge is 2.68. The zero-order valence-electron chi connectivity index (χ0n) is 15.6. The van der Waals surface area contributed by atoms with E-state index in [4.69, 9.17) is 14.2 Å². The first-order chi connectivity index (χ1) is 12.4. The lowest BCUT2D eigenvalue weighted by Gasteiger charge is -2.34. The maximum Gasteiger partial charge on any atom is 0.326 e. The average molecular weight is 363 g/mol. The second kappa shape index (κ2) is 8.31. The smallest absolute Gasteiger partial charge is 0.326 e. The Kier molecular flexibility index (Phi) is 6.37. The van der Waals surface area contributed by atoms with Gasteiger partial charge >= 0.3 is 17.9 Å². The highest BCUT2D eigenvalue weighted by molar-refractivity contribution is 6.06. The standard InChI is InChI=1S/C19H25NO6/c1-5-26-18(23)19(17(22)25-4)14(11-13-9-7-6-8-10-13)12-20(2)15(19)16(21)24-3/h6-10,14-15H,5,11-12H2,1-4H3/t14?,15-,19+/m1/s1. The van der Waals surface area contributed by atoms with E-state index in [-0.39, 0.29) is 6.61 Å². The molecular formula is C19H25NO6. The minimum absolute atomic E-state index is 0.0905. The molecule has 26 heavy (non-hydrogen) atoms. The Morgan fingerprint density at radius 1 is 1.12 bits per heavy atom. The number of rotatable bonds is 6. The van der Waals surface area contributed by atoms with E-state index in [1.807, 2.05) is 30.3 Å². The lowest BCUT2D eigenvalue weighted by molar-refractivity contribution is -0.181. The van der Waals surface area contributed by atoms with Crippen LogP contribution in [0.2, 0.25) is 0 Å². The Balaban J connectivity index is 2.58. The van der Waals surface area contributed by atoms with Crippen LogP contribution in [0.25, 0.3) is 0 Å². The van der Waals surface area contributed by atoms with Crippen molar-refractivity contribution in [3.8, 4) is 0 Å². The summed E-state index contributed by atoms with van der Waals surface area (Å²) in [6.07, 6.45) is 0.423. The Bertz CT molecular complexity index is 661. The summed E-state index contributed by atoms with van der Waals surface area (Å²) in [5.41, 5.74) is -0.823. The van der Waals surface area contributed by atoms with Gasteiger partial charge in [-0.2, -0.15) is 0 Å². The van der Waals surface area contributed by atoms with Gasteiger partial charge in [0.05, 0.1) is 20.8 Å². The molecule has 142 valence electrons. The Morgan fingerprint density at radius 3 is 2.31 bits per heavy atom. The minimum Gasteiger partial charge on any atom is -0.468 e. The molecule has 1 aromatic carbocycles. The predicted molar refractivity (Wildman–Crippen MR) is 93.2 cm³/mol. The summed E-state index contributed by atoms with van der Waals surface area (Å²) >= 11 is 0. The first-order valence-corrected chi connectivity index (χ1v) is 8.51. The summed E-state index contributed by atoms with van der Waals surface area (Å²) in [6.45, 7) is 2.09. The van der Waals surface area contributed by atoms with Gasteiger partial charge in [0.15, 0.2) is 5.41 Å². The largest absolute Gasteiger partial charge is 0.468 e. The number of nitrogens with zero attached hydrogens (tertiary/aromatic N) is 1. The molecule has 7 nitrogen and oxygen atoms in total. The van der Waals surface area contributed by atoms with Gasteiger partial charge in [-0.05, 0) is 26.0 Å². The van der Waals surface area contributed by atoms with Crippen LogP contribution >= 0.6 is 0 Å². The summed E-state index contributed by atoms with van der Waals surface area (Å²) in [5.74, 6) is -2.70. The second-order valence-corrected chi connectivity index (χ2v) is 6.33. The Morgan fingerprint density at radius 2 is 1.77 bits per heavy atom. The quantitative estimate of drug-likeness (QED) is 0.424. The third kappa shape index (κ3) is 3.31. The van der Waals surface area contributed by atoms with Gasteiger partial charge in [0.1, 0.15) is 6.04 Å². The van der Waals surface area contributed by atoms with Gasteiger partial charge in [-0.15, -0.1) is 0 Å². The summed E-state index contributed by atoms with van der Waals surface area (Å²) in [4.78, 5) is 40.0. The fourth-order valence-electron chi connectivity index (χ4n) is 3.83. The van der Waals surface area contributed by atoms with Gasteiger partial charge in [0, 0.05) is 12.5 Å². The molecule has 0 spiro atoms. The van der Waals surface area contributed by atoms with Crippen LogP contribution in [0.3, 0.4) is 0 Å². The molecule has 1 fully saturated rings. The zero-order chi connectivity index (χ0) is 19.3. The van der Waals surface area contributed by atoms with Crippen molar-refractivity contribution in [3.63, 3.8) is 0 Å². The molecule has 1 aromatic rings. The molecule has 2 rings (SSSR count). The van der Waals surface area contributed by atoms with Gasteiger partial charge in [-0.3, -0.25) is 19.3 Å². The van der Waals surface area contributed by atoms with E-state index in [1.165, 1.54) is 14.2 Å². The second-order valence-electron chi connectivity index (χ2n) is 6.33. The van der Waals surface area contributed by atoms with E-state index in [9.17, 15) is 14.4 Å². The SMILES string of the molecule is CCOC(=O)[C@@]1(C(=O)OC)C(Cc2ccccc2)CN(C)[C@@H]1C(=O)OC. The monoisotopic (exact) mass is 363 g/mol. The summed E-state index contributed by atoms with van der Waals surface area (Å²) in [5, 5.41) is 0. The van der Waals surface area contributed by atoms with E-state index in [0.29, 0.717) is 13.0 Å². The van der Waals surface area contributed by atoms with Gasteiger partial charge in [0.25, 0.3) is 0 Å². The molecule has 1 heterocycles. The zero-order valence-corrected chi connectivity index (χ0v) is 15.6. The van der Waals surface area contributed by atoms with Crippen molar-refractivity contribution in [2.24, 2.45) is 11.3 Å². The van der Waals surface area contributed by atoms with Crippen LogP contribution in [0.15, 0.2) is 30.3 Å². The number of carbonyl (C=O) groups is 3. The fraction of sp³-hybridized carbons (Fsp3) is 0.526. The van der Waals surface area contributed by atoms with E-state index in [2.05, 4.69) is 0 Å². The van der Waals surface area contributed by atoms with Gasteiger partial charge in [0.2, 0.25) is 0 Å². The molecule has 0 aliphatic carbocycles. The molecule has 7 heteroatoms. The van der Waals surface area contributed by atoms with E-state index in [1.54, 1.807) is 18.9 Å². The molecule has 3 atom stereocenters. The molecule has 0 aromatic heterocycles. The van der Waals surface area contributed by atoms with Crippen molar-refractivity contribution in [2.75, 3.05) is 34.4 Å². The molecule has 1 saturated heterocycles. The fourth-order valence-corrected chi connectivity index (χ4v) is 3.83. The number of esters is 3. The Hall–Kier alpha value is -2.41. The number of carbonyl (C=O) groups excluding carboxylic acids is 3. The summed E-state index contributed by atoms with van der Waals surface area (Å²) in [7, 11) is 4.12.